The van der Waals surface area contributed by atoms with Gasteiger partial charge in [0.05, 0.1) is 7.11 Å². The van der Waals surface area contributed by atoms with Crippen molar-refractivity contribution in [3.8, 4) is 16.9 Å². The second-order valence-corrected chi connectivity index (χ2v) is 4.76. The smallest absolute Gasteiger partial charge is 0.303 e. The van der Waals surface area contributed by atoms with Gasteiger partial charge in [-0.05, 0) is 24.5 Å². The molecule has 0 aliphatic rings. The van der Waals surface area contributed by atoms with Crippen LogP contribution in [0.15, 0.2) is 42.5 Å². The Bertz CT molecular complexity index is 617. The molecule has 0 unspecified atom stereocenters. The summed E-state index contributed by atoms with van der Waals surface area (Å²) in [5.41, 5.74) is 4.19. The number of hydrogen-bond acceptors (Lipinski definition) is 2. The predicted molar refractivity (Wildman–Crippen MR) is 79.1 cm³/mol. The monoisotopic (exact) mass is 270 g/mol. The highest BCUT2D eigenvalue weighted by atomic mass is 16.5. The highest BCUT2D eigenvalue weighted by Crippen LogP contribution is 2.34. The third-order valence-electron chi connectivity index (χ3n) is 3.24. The summed E-state index contributed by atoms with van der Waals surface area (Å²) in [6.07, 6.45) is 0.575. The number of methoxy groups -OCH3 is 1. The van der Waals surface area contributed by atoms with Gasteiger partial charge in [-0.3, -0.25) is 4.79 Å². The Morgan fingerprint density at radius 1 is 1.20 bits per heavy atom. The molecule has 0 fully saturated rings. The highest BCUT2D eigenvalue weighted by molar-refractivity contribution is 5.73. The number of carboxylic acid groups (broad SMARTS) is 1. The lowest BCUT2D eigenvalue weighted by Crippen LogP contribution is -2.00. The van der Waals surface area contributed by atoms with Gasteiger partial charge in [-0.25, -0.2) is 0 Å². The normalized spacial score (nSPS) is 10.3. The van der Waals surface area contributed by atoms with Crippen LogP contribution < -0.4 is 4.74 Å². The van der Waals surface area contributed by atoms with Gasteiger partial charge in [0.2, 0.25) is 0 Å². The molecule has 0 saturated carbocycles. The molecule has 0 heterocycles. The van der Waals surface area contributed by atoms with Crippen LogP contribution in [-0.4, -0.2) is 18.2 Å². The van der Waals surface area contributed by atoms with Crippen molar-refractivity contribution in [2.24, 2.45) is 0 Å². The van der Waals surface area contributed by atoms with Crippen molar-refractivity contribution in [1.82, 2.24) is 0 Å². The van der Waals surface area contributed by atoms with Crippen molar-refractivity contribution in [2.75, 3.05) is 7.11 Å². The number of aliphatic carboxylic acids is 1. The van der Waals surface area contributed by atoms with E-state index < -0.39 is 5.97 Å². The molecule has 0 atom stereocenters. The van der Waals surface area contributed by atoms with Gasteiger partial charge in [0.25, 0.3) is 0 Å². The summed E-state index contributed by atoms with van der Waals surface area (Å²) < 4.78 is 5.51. The summed E-state index contributed by atoms with van der Waals surface area (Å²) in [6.45, 7) is 2.05. The molecule has 3 nitrogen and oxygen atoms in total. The lowest BCUT2D eigenvalue weighted by molar-refractivity contribution is -0.136. The second-order valence-electron chi connectivity index (χ2n) is 4.76. The summed E-state index contributed by atoms with van der Waals surface area (Å²) in [5.74, 6) is -0.0349. The maximum Gasteiger partial charge on any atom is 0.303 e. The standard InChI is InChI=1S/C17H18O3/c1-12-5-3-7-14(11-12)15-8-4-6-13(17(15)20-2)9-10-16(18)19/h3-8,11H,9-10H2,1-2H3,(H,18,19). The van der Waals surface area contributed by atoms with Crippen molar-refractivity contribution in [3.05, 3.63) is 53.6 Å². The molecule has 3 heteroatoms. The summed E-state index contributed by atoms with van der Waals surface area (Å²) in [6, 6.07) is 14.0. The minimum Gasteiger partial charge on any atom is -0.496 e. The summed E-state index contributed by atoms with van der Waals surface area (Å²) in [7, 11) is 1.62. The quantitative estimate of drug-likeness (QED) is 0.901. The third kappa shape index (κ3) is 3.18. The van der Waals surface area contributed by atoms with Crippen LogP contribution in [0.2, 0.25) is 0 Å². The average molecular weight is 270 g/mol. The largest absolute Gasteiger partial charge is 0.496 e. The maximum absolute atomic E-state index is 10.7. The predicted octanol–water partition coefficient (Wildman–Crippen LogP) is 3.69. The number of hydrogen-bond donors (Lipinski definition) is 1. The van der Waals surface area contributed by atoms with Gasteiger partial charge in [-0.2, -0.15) is 0 Å². The van der Waals surface area contributed by atoms with Gasteiger partial charge in [-0.1, -0.05) is 48.0 Å². The molecule has 0 amide bonds. The fraction of sp³-hybridized carbons (Fsp3) is 0.235. The van der Waals surface area contributed by atoms with Crippen LogP contribution in [0.1, 0.15) is 17.5 Å². The first kappa shape index (κ1) is 14.1. The van der Waals surface area contributed by atoms with E-state index in [-0.39, 0.29) is 6.42 Å². The number of benzene rings is 2. The SMILES string of the molecule is COc1c(CCC(=O)O)cccc1-c1cccc(C)c1. The molecule has 0 radical (unpaired) electrons. The molecule has 0 spiro atoms. The topological polar surface area (TPSA) is 46.5 Å². The average Bonchev–Trinajstić information content (AvgIpc) is 2.44. The van der Waals surface area contributed by atoms with E-state index in [9.17, 15) is 4.79 Å². The fourth-order valence-electron chi connectivity index (χ4n) is 2.30. The molecule has 104 valence electrons. The Balaban J connectivity index is 2.43. The van der Waals surface area contributed by atoms with Crippen LogP contribution in [-0.2, 0) is 11.2 Å². The van der Waals surface area contributed by atoms with Crippen LogP contribution in [0.3, 0.4) is 0 Å². The Morgan fingerprint density at radius 3 is 2.60 bits per heavy atom. The third-order valence-corrected chi connectivity index (χ3v) is 3.24. The van der Waals surface area contributed by atoms with E-state index in [0.717, 1.165) is 22.4 Å². The highest BCUT2D eigenvalue weighted by Gasteiger charge is 2.11. The molecule has 2 aromatic rings. The number of rotatable bonds is 5. The van der Waals surface area contributed by atoms with Crippen molar-refractivity contribution in [2.45, 2.75) is 19.8 Å². The molecule has 20 heavy (non-hydrogen) atoms. The van der Waals surface area contributed by atoms with Crippen LogP contribution in [0, 0.1) is 6.92 Å². The van der Waals surface area contributed by atoms with E-state index in [4.69, 9.17) is 9.84 Å². The number of carbonyl (C=O) groups is 1. The molecule has 0 saturated heterocycles. The van der Waals surface area contributed by atoms with Crippen molar-refractivity contribution in [1.29, 1.82) is 0 Å². The Morgan fingerprint density at radius 2 is 1.95 bits per heavy atom. The number of carboxylic acids is 1. The summed E-state index contributed by atoms with van der Waals surface area (Å²) in [4.78, 5) is 10.7. The molecule has 0 aliphatic heterocycles. The molecule has 2 aromatic carbocycles. The lowest BCUT2D eigenvalue weighted by Gasteiger charge is -2.13. The zero-order valence-corrected chi connectivity index (χ0v) is 11.7. The van der Waals surface area contributed by atoms with Crippen molar-refractivity contribution in [3.63, 3.8) is 0 Å². The first-order valence-electron chi connectivity index (χ1n) is 6.56. The van der Waals surface area contributed by atoms with E-state index in [1.807, 2.05) is 43.3 Å². The second kappa shape index (κ2) is 6.24. The number of para-hydroxylation sites is 1. The Labute approximate surface area is 118 Å². The van der Waals surface area contributed by atoms with Gasteiger partial charge in [0.1, 0.15) is 5.75 Å². The van der Waals surface area contributed by atoms with Gasteiger partial charge in [0.15, 0.2) is 0 Å². The molecule has 0 aliphatic carbocycles. The molecule has 0 aromatic heterocycles. The molecule has 2 rings (SSSR count). The van der Waals surface area contributed by atoms with E-state index in [2.05, 4.69) is 6.07 Å². The number of aryl methyl sites for hydroxylation is 2. The zero-order chi connectivity index (χ0) is 14.5. The van der Waals surface area contributed by atoms with Crippen LogP contribution in [0.5, 0.6) is 5.75 Å². The van der Waals surface area contributed by atoms with Crippen LogP contribution >= 0.6 is 0 Å². The minimum absolute atomic E-state index is 0.105. The van der Waals surface area contributed by atoms with Gasteiger partial charge < -0.3 is 9.84 Å². The lowest BCUT2D eigenvalue weighted by atomic mass is 9.98. The molecular formula is C17H18O3. The first-order valence-corrected chi connectivity index (χ1v) is 6.56. The Hall–Kier alpha value is -2.29. The van der Waals surface area contributed by atoms with Gasteiger partial charge >= 0.3 is 5.97 Å². The summed E-state index contributed by atoms with van der Waals surface area (Å²) in [5, 5.41) is 8.82. The van der Waals surface area contributed by atoms with E-state index in [0.29, 0.717) is 6.42 Å². The van der Waals surface area contributed by atoms with E-state index in [1.165, 1.54) is 5.56 Å². The maximum atomic E-state index is 10.7. The zero-order valence-electron chi connectivity index (χ0n) is 11.7. The minimum atomic E-state index is -0.798. The molecule has 0 bridgehead atoms. The van der Waals surface area contributed by atoms with Gasteiger partial charge in [-0.15, -0.1) is 0 Å². The van der Waals surface area contributed by atoms with Gasteiger partial charge in [0, 0.05) is 12.0 Å². The fourth-order valence-corrected chi connectivity index (χ4v) is 2.30. The van der Waals surface area contributed by atoms with Crippen molar-refractivity contribution >= 4 is 5.97 Å². The summed E-state index contributed by atoms with van der Waals surface area (Å²) >= 11 is 0. The van der Waals surface area contributed by atoms with E-state index in [1.54, 1.807) is 7.11 Å². The van der Waals surface area contributed by atoms with Crippen molar-refractivity contribution < 1.29 is 14.6 Å². The van der Waals surface area contributed by atoms with Crippen LogP contribution in [0.25, 0.3) is 11.1 Å². The van der Waals surface area contributed by atoms with Crippen LogP contribution in [0.4, 0.5) is 0 Å². The molecular weight excluding hydrogens is 252 g/mol. The molecule has 1 N–H and O–H groups in total. The van der Waals surface area contributed by atoms with E-state index >= 15 is 0 Å². The Kier molecular flexibility index (Phi) is 4.41. The first-order chi connectivity index (χ1) is 9.61. The number of ether oxygens (including phenoxy) is 1.